The van der Waals surface area contributed by atoms with Crippen molar-refractivity contribution in [3.05, 3.63) is 18.3 Å². The van der Waals surface area contributed by atoms with E-state index in [0.29, 0.717) is 0 Å². The molecule has 1 amide bonds. The lowest BCUT2D eigenvalue weighted by Gasteiger charge is -2.22. The third-order valence-corrected chi connectivity index (χ3v) is 1.69. The Hall–Kier alpha value is -1.72. The molecule has 1 aromatic heterocycles. The third kappa shape index (κ3) is 2.38. The van der Waals surface area contributed by atoms with Crippen LogP contribution in [-0.2, 0) is 4.79 Å². The Morgan fingerprint density at radius 3 is 2.71 bits per heavy atom. The molecular weight excluding hydrogens is 187 g/mol. The Morgan fingerprint density at radius 1 is 1.57 bits per heavy atom. The SMILES string of the molecule is CC(C)(Nc1cc(F)ncn1)C(N)=O. The Morgan fingerprint density at radius 2 is 2.21 bits per heavy atom. The number of nitrogens with zero attached hydrogens (tertiary/aromatic N) is 2. The quantitative estimate of drug-likeness (QED) is 0.684. The van der Waals surface area contributed by atoms with Gasteiger partial charge in [0.1, 0.15) is 17.7 Å². The minimum absolute atomic E-state index is 0.223. The minimum atomic E-state index is -0.971. The second-order valence-corrected chi connectivity index (χ2v) is 3.34. The molecule has 1 rings (SSSR count). The standard InChI is InChI=1S/C8H11FN4O/c1-8(2,7(10)14)13-6-3-5(9)11-4-12-6/h3-4H,1-2H3,(H2,10,14)(H,11,12,13). The first kappa shape index (κ1) is 10.4. The molecule has 14 heavy (non-hydrogen) atoms. The molecule has 0 saturated heterocycles. The van der Waals surface area contributed by atoms with Gasteiger partial charge < -0.3 is 11.1 Å². The molecule has 6 heteroatoms. The highest BCUT2D eigenvalue weighted by Gasteiger charge is 2.24. The molecule has 1 aromatic rings. The van der Waals surface area contributed by atoms with Crippen LogP contribution in [0.5, 0.6) is 0 Å². The van der Waals surface area contributed by atoms with E-state index in [0.717, 1.165) is 12.4 Å². The summed E-state index contributed by atoms with van der Waals surface area (Å²) in [5.74, 6) is -0.986. The smallest absolute Gasteiger partial charge is 0.242 e. The molecule has 0 spiro atoms. The monoisotopic (exact) mass is 198 g/mol. The second-order valence-electron chi connectivity index (χ2n) is 3.34. The van der Waals surface area contributed by atoms with Gasteiger partial charge >= 0.3 is 0 Å². The molecule has 3 N–H and O–H groups in total. The van der Waals surface area contributed by atoms with E-state index in [4.69, 9.17) is 5.73 Å². The Bertz CT molecular complexity index is 353. The van der Waals surface area contributed by atoms with Gasteiger partial charge in [0.05, 0.1) is 0 Å². The first-order chi connectivity index (χ1) is 6.42. The van der Waals surface area contributed by atoms with E-state index in [1.165, 1.54) is 0 Å². The number of halogens is 1. The molecule has 0 bridgehead atoms. The van der Waals surface area contributed by atoms with Crippen molar-refractivity contribution in [2.75, 3.05) is 5.32 Å². The van der Waals surface area contributed by atoms with E-state index >= 15 is 0 Å². The molecule has 0 aromatic carbocycles. The molecule has 0 saturated carbocycles. The van der Waals surface area contributed by atoms with Crippen LogP contribution in [-0.4, -0.2) is 21.4 Å². The number of nitrogens with one attached hydrogen (secondary N) is 1. The molecule has 0 unspecified atom stereocenters. The van der Waals surface area contributed by atoms with Gasteiger partial charge in [0.2, 0.25) is 11.9 Å². The highest BCUT2D eigenvalue weighted by Crippen LogP contribution is 2.11. The van der Waals surface area contributed by atoms with E-state index in [-0.39, 0.29) is 5.82 Å². The lowest BCUT2D eigenvalue weighted by atomic mass is 10.1. The second kappa shape index (κ2) is 3.57. The molecule has 0 aliphatic rings. The van der Waals surface area contributed by atoms with Crippen LogP contribution in [0.2, 0.25) is 0 Å². The van der Waals surface area contributed by atoms with Gasteiger partial charge in [-0.3, -0.25) is 4.79 Å². The summed E-state index contributed by atoms with van der Waals surface area (Å²) < 4.78 is 12.6. The van der Waals surface area contributed by atoms with E-state index < -0.39 is 17.4 Å². The summed E-state index contributed by atoms with van der Waals surface area (Å²) in [4.78, 5) is 18.0. The zero-order chi connectivity index (χ0) is 10.8. The van der Waals surface area contributed by atoms with Crippen LogP contribution in [0.15, 0.2) is 12.4 Å². The van der Waals surface area contributed by atoms with Gasteiger partial charge in [-0.25, -0.2) is 9.97 Å². The van der Waals surface area contributed by atoms with Crippen molar-refractivity contribution in [1.29, 1.82) is 0 Å². The van der Waals surface area contributed by atoms with Gasteiger partial charge in [0, 0.05) is 6.07 Å². The molecule has 0 aliphatic carbocycles. The number of anilines is 1. The van der Waals surface area contributed by atoms with Gasteiger partial charge in [-0.15, -0.1) is 0 Å². The lowest BCUT2D eigenvalue weighted by Crippen LogP contribution is -2.45. The number of carbonyl (C=O) groups is 1. The number of hydrogen-bond donors (Lipinski definition) is 2. The van der Waals surface area contributed by atoms with Gasteiger partial charge in [-0.05, 0) is 13.8 Å². The molecule has 0 aliphatic heterocycles. The van der Waals surface area contributed by atoms with Crippen molar-refractivity contribution < 1.29 is 9.18 Å². The summed E-state index contributed by atoms with van der Waals surface area (Å²) in [5, 5.41) is 2.69. The average molecular weight is 198 g/mol. The molecule has 76 valence electrons. The molecule has 0 radical (unpaired) electrons. The van der Waals surface area contributed by atoms with Crippen molar-refractivity contribution in [1.82, 2.24) is 9.97 Å². The van der Waals surface area contributed by atoms with Crippen LogP contribution < -0.4 is 11.1 Å². The Labute approximate surface area is 80.5 Å². The summed E-state index contributed by atoms with van der Waals surface area (Å²) in [6.07, 6.45) is 1.06. The van der Waals surface area contributed by atoms with Crippen LogP contribution in [0.4, 0.5) is 10.2 Å². The van der Waals surface area contributed by atoms with Gasteiger partial charge in [-0.1, -0.05) is 0 Å². The summed E-state index contributed by atoms with van der Waals surface area (Å²) >= 11 is 0. The fourth-order valence-electron chi connectivity index (χ4n) is 0.784. The highest BCUT2D eigenvalue weighted by atomic mass is 19.1. The van der Waals surface area contributed by atoms with Crippen molar-refractivity contribution in [2.45, 2.75) is 19.4 Å². The maximum Gasteiger partial charge on any atom is 0.242 e. The topological polar surface area (TPSA) is 80.9 Å². The van der Waals surface area contributed by atoms with Crippen molar-refractivity contribution in [2.24, 2.45) is 5.73 Å². The Kier molecular flexibility index (Phi) is 2.64. The first-order valence-corrected chi connectivity index (χ1v) is 3.97. The van der Waals surface area contributed by atoms with E-state index in [9.17, 15) is 9.18 Å². The largest absolute Gasteiger partial charge is 0.368 e. The number of carbonyl (C=O) groups excluding carboxylic acids is 1. The zero-order valence-corrected chi connectivity index (χ0v) is 7.91. The fraction of sp³-hybridized carbons (Fsp3) is 0.375. The maximum absolute atomic E-state index is 12.6. The van der Waals surface area contributed by atoms with Gasteiger partial charge in [0.15, 0.2) is 0 Å². The lowest BCUT2D eigenvalue weighted by molar-refractivity contribution is -0.121. The number of aromatic nitrogens is 2. The summed E-state index contributed by atoms with van der Waals surface area (Å²) in [5.41, 5.74) is 4.15. The van der Waals surface area contributed by atoms with E-state index in [2.05, 4.69) is 15.3 Å². The van der Waals surface area contributed by atoms with Crippen molar-refractivity contribution in [3.8, 4) is 0 Å². The highest BCUT2D eigenvalue weighted by molar-refractivity contribution is 5.86. The molecule has 5 nitrogen and oxygen atoms in total. The molecular formula is C8H11FN4O. The first-order valence-electron chi connectivity index (χ1n) is 3.97. The summed E-state index contributed by atoms with van der Waals surface area (Å²) in [7, 11) is 0. The molecule has 0 atom stereocenters. The number of rotatable bonds is 3. The molecule has 0 fully saturated rings. The van der Waals surface area contributed by atoms with Crippen molar-refractivity contribution >= 4 is 11.7 Å². The predicted octanol–water partition coefficient (Wildman–Crippen LogP) is 0.291. The minimum Gasteiger partial charge on any atom is -0.368 e. The van der Waals surface area contributed by atoms with Crippen LogP contribution in [0.1, 0.15) is 13.8 Å². The maximum atomic E-state index is 12.6. The summed E-state index contributed by atoms with van der Waals surface area (Å²) in [6.45, 7) is 3.16. The normalized spacial score (nSPS) is 11.1. The van der Waals surface area contributed by atoms with Crippen LogP contribution >= 0.6 is 0 Å². The average Bonchev–Trinajstić information content (AvgIpc) is 2.02. The van der Waals surface area contributed by atoms with Crippen LogP contribution in [0.25, 0.3) is 0 Å². The number of primary amides is 1. The van der Waals surface area contributed by atoms with E-state index in [1.54, 1.807) is 13.8 Å². The fourth-order valence-corrected chi connectivity index (χ4v) is 0.784. The van der Waals surface area contributed by atoms with Gasteiger partial charge in [0.25, 0.3) is 0 Å². The van der Waals surface area contributed by atoms with Crippen LogP contribution in [0.3, 0.4) is 0 Å². The van der Waals surface area contributed by atoms with Crippen molar-refractivity contribution in [3.63, 3.8) is 0 Å². The number of nitrogens with two attached hydrogens (primary N) is 1. The number of hydrogen-bond acceptors (Lipinski definition) is 4. The zero-order valence-electron chi connectivity index (χ0n) is 7.91. The molecule has 1 heterocycles. The van der Waals surface area contributed by atoms with Crippen LogP contribution in [0, 0.1) is 5.95 Å². The van der Waals surface area contributed by atoms with Gasteiger partial charge in [-0.2, -0.15) is 4.39 Å². The van der Waals surface area contributed by atoms with E-state index in [1.807, 2.05) is 0 Å². The predicted molar refractivity (Wildman–Crippen MR) is 48.9 cm³/mol. The summed E-state index contributed by atoms with van der Waals surface area (Å²) in [6, 6.07) is 1.09. The Balaban J connectivity index is 2.83. The number of amides is 1. The third-order valence-electron chi connectivity index (χ3n) is 1.69.